The summed E-state index contributed by atoms with van der Waals surface area (Å²) in [4.78, 5) is 0. The summed E-state index contributed by atoms with van der Waals surface area (Å²) in [6, 6.07) is 0. The van der Waals surface area contributed by atoms with Gasteiger partial charge in [0.15, 0.2) is 0 Å². The van der Waals surface area contributed by atoms with Crippen LogP contribution in [-0.4, -0.2) is 26.8 Å². The van der Waals surface area contributed by atoms with Gasteiger partial charge in [-0.15, -0.1) is 0 Å². The summed E-state index contributed by atoms with van der Waals surface area (Å²) >= 11 is 0. The van der Waals surface area contributed by atoms with Crippen LogP contribution >= 0.6 is 0 Å². The summed E-state index contributed by atoms with van der Waals surface area (Å²) in [6.45, 7) is 7.85. The topological polar surface area (TPSA) is 21.3 Å². The third-order valence-electron chi connectivity index (χ3n) is 5.20. The number of nitrogens with one attached hydrogen (secondary N) is 1. The highest BCUT2D eigenvalue weighted by molar-refractivity contribution is 5.05. The molecule has 1 spiro atoms. The maximum Gasteiger partial charge on any atom is 0.0587 e. The van der Waals surface area contributed by atoms with Crippen molar-refractivity contribution in [3.63, 3.8) is 0 Å². The molecule has 2 nitrogen and oxygen atoms in total. The zero-order valence-electron chi connectivity index (χ0n) is 11.8. The van der Waals surface area contributed by atoms with Gasteiger partial charge >= 0.3 is 0 Å². The summed E-state index contributed by atoms with van der Waals surface area (Å²) in [5, 5.41) is 3.53. The van der Waals surface area contributed by atoms with Crippen LogP contribution < -0.4 is 5.32 Å². The average Bonchev–Trinajstić information content (AvgIpc) is 2.98. The summed E-state index contributed by atoms with van der Waals surface area (Å²) < 4.78 is 5.06. The molecule has 2 aliphatic carbocycles. The lowest BCUT2D eigenvalue weighted by molar-refractivity contribution is 0.189. The predicted molar refractivity (Wildman–Crippen MR) is 72.1 cm³/mol. The minimum Gasteiger partial charge on any atom is -0.383 e. The normalized spacial score (nSPS) is 36.7. The van der Waals surface area contributed by atoms with Gasteiger partial charge in [-0.05, 0) is 61.8 Å². The molecular weight excluding hydrogens is 210 g/mol. The monoisotopic (exact) mass is 239 g/mol. The van der Waals surface area contributed by atoms with Crippen molar-refractivity contribution in [1.29, 1.82) is 0 Å². The first kappa shape index (κ1) is 13.4. The van der Waals surface area contributed by atoms with Crippen LogP contribution in [0.15, 0.2) is 0 Å². The van der Waals surface area contributed by atoms with Crippen molar-refractivity contribution in [2.75, 3.05) is 26.8 Å². The zero-order chi connectivity index (χ0) is 12.3. The van der Waals surface area contributed by atoms with E-state index < -0.39 is 0 Å². The van der Waals surface area contributed by atoms with Crippen molar-refractivity contribution < 1.29 is 4.74 Å². The molecule has 0 saturated heterocycles. The van der Waals surface area contributed by atoms with Crippen LogP contribution in [0.5, 0.6) is 0 Å². The molecule has 0 heterocycles. The fourth-order valence-electron chi connectivity index (χ4n) is 3.67. The molecular formula is C15H29NO. The van der Waals surface area contributed by atoms with Crippen molar-refractivity contribution in [2.24, 2.45) is 23.2 Å². The minimum atomic E-state index is 0.755. The van der Waals surface area contributed by atoms with Crippen molar-refractivity contribution >= 4 is 0 Å². The Morgan fingerprint density at radius 1 is 1.29 bits per heavy atom. The van der Waals surface area contributed by atoms with E-state index in [1.807, 2.05) is 0 Å². The number of hydrogen-bond donors (Lipinski definition) is 1. The zero-order valence-corrected chi connectivity index (χ0v) is 11.8. The van der Waals surface area contributed by atoms with Gasteiger partial charge in [-0.2, -0.15) is 0 Å². The number of rotatable bonds is 6. The van der Waals surface area contributed by atoms with Gasteiger partial charge in [-0.25, -0.2) is 0 Å². The van der Waals surface area contributed by atoms with E-state index in [4.69, 9.17) is 4.74 Å². The van der Waals surface area contributed by atoms with Crippen molar-refractivity contribution in [2.45, 2.75) is 46.0 Å². The second-order valence-corrected chi connectivity index (χ2v) is 6.54. The van der Waals surface area contributed by atoms with Crippen molar-refractivity contribution in [1.82, 2.24) is 5.32 Å². The molecule has 0 aromatic carbocycles. The van der Waals surface area contributed by atoms with Crippen molar-refractivity contribution in [3.8, 4) is 0 Å². The van der Waals surface area contributed by atoms with E-state index >= 15 is 0 Å². The van der Waals surface area contributed by atoms with Gasteiger partial charge in [0.25, 0.3) is 0 Å². The third-order valence-corrected chi connectivity index (χ3v) is 5.20. The Balaban J connectivity index is 1.64. The molecule has 0 aromatic heterocycles. The third kappa shape index (κ3) is 3.23. The highest BCUT2D eigenvalue weighted by Crippen LogP contribution is 2.62. The van der Waals surface area contributed by atoms with E-state index in [1.54, 1.807) is 7.11 Å². The largest absolute Gasteiger partial charge is 0.383 e. The Morgan fingerprint density at radius 3 is 2.59 bits per heavy atom. The molecule has 0 amide bonds. The van der Waals surface area contributed by atoms with Crippen LogP contribution in [0, 0.1) is 23.2 Å². The summed E-state index contributed by atoms with van der Waals surface area (Å²) in [7, 11) is 1.77. The van der Waals surface area contributed by atoms with Gasteiger partial charge in [0.1, 0.15) is 0 Å². The molecule has 1 unspecified atom stereocenters. The molecule has 2 rings (SSSR count). The van der Waals surface area contributed by atoms with E-state index in [1.165, 1.54) is 38.6 Å². The summed E-state index contributed by atoms with van der Waals surface area (Å²) in [5.41, 5.74) is 0.755. The summed E-state index contributed by atoms with van der Waals surface area (Å²) in [6.07, 6.45) is 7.43. The van der Waals surface area contributed by atoms with E-state index in [2.05, 4.69) is 19.2 Å². The SMILES string of the molecule is COCCNCC1CC12CCC(C(C)C)CC2. The number of ether oxygens (including phenoxy) is 1. The Hall–Kier alpha value is -0.0800. The van der Waals surface area contributed by atoms with Crippen LogP contribution in [0.3, 0.4) is 0 Å². The fourth-order valence-corrected chi connectivity index (χ4v) is 3.67. The lowest BCUT2D eigenvalue weighted by atomic mass is 9.74. The van der Waals surface area contributed by atoms with Gasteiger partial charge in [0.2, 0.25) is 0 Å². The second-order valence-electron chi connectivity index (χ2n) is 6.54. The quantitative estimate of drug-likeness (QED) is 0.719. The maximum atomic E-state index is 5.06. The van der Waals surface area contributed by atoms with E-state index in [-0.39, 0.29) is 0 Å². The molecule has 2 fully saturated rings. The van der Waals surface area contributed by atoms with Gasteiger partial charge in [0, 0.05) is 13.7 Å². The summed E-state index contributed by atoms with van der Waals surface area (Å²) in [5.74, 6) is 2.86. The Labute approximate surface area is 107 Å². The van der Waals surface area contributed by atoms with Crippen molar-refractivity contribution in [3.05, 3.63) is 0 Å². The molecule has 17 heavy (non-hydrogen) atoms. The van der Waals surface area contributed by atoms with Gasteiger partial charge in [-0.3, -0.25) is 0 Å². The molecule has 2 saturated carbocycles. The van der Waals surface area contributed by atoms with Crippen LogP contribution in [0.2, 0.25) is 0 Å². The molecule has 0 aliphatic heterocycles. The minimum absolute atomic E-state index is 0.755. The smallest absolute Gasteiger partial charge is 0.0587 e. The molecule has 0 aromatic rings. The molecule has 0 bridgehead atoms. The lowest BCUT2D eigenvalue weighted by Gasteiger charge is -2.32. The van der Waals surface area contributed by atoms with E-state index in [0.29, 0.717) is 0 Å². The number of hydrogen-bond acceptors (Lipinski definition) is 2. The van der Waals surface area contributed by atoms with E-state index in [0.717, 1.165) is 36.3 Å². The molecule has 100 valence electrons. The molecule has 2 aliphatic rings. The van der Waals surface area contributed by atoms with E-state index in [9.17, 15) is 0 Å². The lowest BCUT2D eigenvalue weighted by Crippen LogP contribution is -2.26. The Kier molecular flexibility index (Phi) is 4.48. The van der Waals surface area contributed by atoms with Crippen LogP contribution in [-0.2, 0) is 4.74 Å². The van der Waals surface area contributed by atoms with Crippen LogP contribution in [0.25, 0.3) is 0 Å². The fraction of sp³-hybridized carbons (Fsp3) is 1.00. The molecule has 1 atom stereocenters. The first-order chi connectivity index (χ1) is 8.18. The Morgan fingerprint density at radius 2 is 2.00 bits per heavy atom. The first-order valence-electron chi connectivity index (χ1n) is 7.37. The molecule has 0 radical (unpaired) electrons. The average molecular weight is 239 g/mol. The molecule has 2 heteroatoms. The van der Waals surface area contributed by atoms with Gasteiger partial charge in [0.05, 0.1) is 6.61 Å². The first-order valence-corrected chi connectivity index (χ1v) is 7.37. The standard InChI is InChI=1S/C15H29NO/c1-12(2)13-4-6-15(7-5-13)10-14(15)11-16-8-9-17-3/h12-14,16H,4-11H2,1-3H3. The van der Waals surface area contributed by atoms with Gasteiger partial charge in [-0.1, -0.05) is 13.8 Å². The van der Waals surface area contributed by atoms with Crippen LogP contribution in [0.1, 0.15) is 46.0 Å². The van der Waals surface area contributed by atoms with Crippen LogP contribution in [0.4, 0.5) is 0 Å². The van der Waals surface area contributed by atoms with Gasteiger partial charge < -0.3 is 10.1 Å². The number of methoxy groups -OCH3 is 1. The predicted octanol–water partition coefficient (Wildman–Crippen LogP) is 3.07. The Bertz CT molecular complexity index is 231. The highest BCUT2D eigenvalue weighted by Gasteiger charge is 2.54. The molecule has 1 N–H and O–H groups in total. The second kappa shape index (κ2) is 5.71. The highest BCUT2D eigenvalue weighted by atomic mass is 16.5. The maximum absolute atomic E-state index is 5.06.